The Labute approximate surface area is 186 Å². The molecule has 1 aliphatic rings. The topological polar surface area (TPSA) is 104 Å². The molecule has 8 heteroatoms. The number of aromatic nitrogens is 1. The maximum atomic E-state index is 14.4. The van der Waals surface area contributed by atoms with Gasteiger partial charge in [0.2, 0.25) is 0 Å². The number of hydrogen-bond donors (Lipinski definition) is 4. The number of hydrogen-bond acceptors (Lipinski definition) is 7. The van der Waals surface area contributed by atoms with Crippen molar-refractivity contribution in [2.45, 2.75) is 19.9 Å². The van der Waals surface area contributed by atoms with Crippen LogP contribution in [-0.4, -0.2) is 40.9 Å². The lowest BCUT2D eigenvalue weighted by atomic mass is 10.0. The molecule has 0 saturated carbocycles. The van der Waals surface area contributed by atoms with Gasteiger partial charge in [0.1, 0.15) is 17.4 Å². The SMILES string of the molecule is Cc1cc(F)c(Nc2ccnc3c2C(=O)Cc2cc(CN(C)CCN)ccc2N3)cc1O. The number of benzene rings is 2. The molecule has 5 N–H and O–H groups in total. The molecule has 7 nitrogen and oxygen atoms in total. The summed E-state index contributed by atoms with van der Waals surface area (Å²) in [6, 6.07) is 10.2. The normalized spacial score (nSPS) is 12.7. The first-order valence-electron chi connectivity index (χ1n) is 10.4. The van der Waals surface area contributed by atoms with E-state index in [4.69, 9.17) is 5.73 Å². The van der Waals surface area contributed by atoms with Crippen LogP contribution in [0.1, 0.15) is 27.0 Å². The Balaban J connectivity index is 1.65. The number of Topliss-reactive ketones (excluding diaryl/α,β-unsaturated/α-hetero) is 1. The molecule has 2 heterocycles. The molecule has 0 unspecified atom stereocenters. The van der Waals surface area contributed by atoms with E-state index < -0.39 is 5.82 Å². The van der Waals surface area contributed by atoms with Crippen molar-refractivity contribution in [1.82, 2.24) is 9.88 Å². The molecule has 0 fully saturated rings. The maximum Gasteiger partial charge on any atom is 0.173 e. The number of phenolic OH excluding ortho intramolecular Hbond substituents is 1. The van der Waals surface area contributed by atoms with Crippen molar-refractivity contribution in [3.63, 3.8) is 0 Å². The van der Waals surface area contributed by atoms with E-state index in [1.807, 2.05) is 25.2 Å². The van der Waals surface area contributed by atoms with Crippen LogP contribution < -0.4 is 16.4 Å². The number of halogens is 1. The zero-order valence-corrected chi connectivity index (χ0v) is 18.1. The molecule has 4 rings (SSSR count). The smallest absolute Gasteiger partial charge is 0.173 e. The number of rotatable bonds is 6. The summed E-state index contributed by atoms with van der Waals surface area (Å²) >= 11 is 0. The maximum absolute atomic E-state index is 14.4. The van der Waals surface area contributed by atoms with Gasteiger partial charge in [0.25, 0.3) is 0 Å². The van der Waals surface area contributed by atoms with Crippen LogP contribution >= 0.6 is 0 Å². The van der Waals surface area contributed by atoms with Gasteiger partial charge in [-0.05, 0) is 48.9 Å². The van der Waals surface area contributed by atoms with Crippen LogP contribution in [0, 0.1) is 12.7 Å². The predicted octanol–water partition coefficient (Wildman–Crippen LogP) is 3.85. The number of ketones is 1. The lowest BCUT2D eigenvalue weighted by Crippen LogP contribution is -2.25. The molecule has 32 heavy (non-hydrogen) atoms. The van der Waals surface area contributed by atoms with Gasteiger partial charge in [-0.15, -0.1) is 0 Å². The van der Waals surface area contributed by atoms with Crippen molar-refractivity contribution < 1.29 is 14.3 Å². The highest BCUT2D eigenvalue weighted by Crippen LogP contribution is 2.35. The summed E-state index contributed by atoms with van der Waals surface area (Å²) in [6.45, 7) is 3.71. The van der Waals surface area contributed by atoms with E-state index in [0.29, 0.717) is 29.2 Å². The zero-order valence-electron chi connectivity index (χ0n) is 18.1. The van der Waals surface area contributed by atoms with Crippen molar-refractivity contribution >= 4 is 28.7 Å². The average Bonchev–Trinajstić information content (AvgIpc) is 2.88. The number of nitrogens with one attached hydrogen (secondary N) is 2. The number of pyridine rings is 1. The number of aromatic hydroxyl groups is 1. The average molecular weight is 436 g/mol. The van der Waals surface area contributed by atoms with Crippen LogP contribution in [0.3, 0.4) is 0 Å². The summed E-state index contributed by atoms with van der Waals surface area (Å²) in [5.41, 5.74) is 9.69. The monoisotopic (exact) mass is 435 g/mol. The molecule has 0 radical (unpaired) electrons. The highest BCUT2D eigenvalue weighted by atomic mass is 19.1. The lowest BCUT2D eigenvalue weighted by Gasteiger charge is -2.17. The summed E-state index contributed by atoms with van der Waals surface area (Å²) in [6.07, 6.45) is 1.74. The Morgan fingerprint density at radius 3 is 2.84 bits per heavy atom. The quantitative estimate of drug-likeness (QED) is 0.466. The van der Waals surface area contributed by atoms with Crippen molar-refractivity contribution in [3.05, 3.63) is 70.7 Å². The lowest BCUT2D eigenvalue weighted by molar-refractivity contribution is 0.0995. The third kappa shape index (κ3) is 4.42. The number of carbonyl (C=O) groups excluding carboxylic acids is 1. The van der Waals surface area contributed by atoms with Crippen LogP contribution in [-0.2, 0) is 13.0 Å². The van der Waals surface area contributed by atoms with Crippen LogP contribution in [0.5, 0.6) is 5.75 Å². The Kier molecular flexibility index (Phi) is 6.07. The molecule has 0 amide bonds. The molecule has 0 spiro atoms. The van der Waals surface area contributed by atoms with Crippen LogP contribution in [0.2, 0.25) is 0 Å². The first kappa shape index (κ1) is 21.7. The standard InChI is InChI=1S/C24H26FN5O2/c1-14-9-17(25)20(12-21(14)31)28-19-5-7-27-24-23(19)22(32)11-16-10-15(3-4-18(16)29-24)13-30(2)8-6-26/h3-5,7,9-10,12,31H,6,8,11,13,26H2,1-2H3,(H2,27,28,29). The third-order valence-electron chi connectivity index (χ3n) is 5.52. The largest absolute Gasteiger partial charge is 0.508 e. The van der Waals surface area contributed by atoms with Crippen molar-refractivity contribution in [2.75, 3.05) is 30.8 Å². The van der Waals surface area contributed by atoms with E-state index in [9.17, 15) is 14.3 Å². The Bertz CT molecular complexity index is 1180. The number of phenols is 1. The number of anilines is 4. The summed E-state index contributed by atoms with van der Waals surface area (Å²) in [5.74, 6) is -0.276. The highest BCUT2D eigenvalue weighted by molar-refractivity contribution is 6.09. The minimum absolute atomic E-state index is 0.0296. The number of nitrogens with zero attached hydrogens (tertiary/aromatic N) is 2. The fraction of sp³-hybridized carbons (Fsp3) is 0.250. The first-order valence-corrected chi connectivity index (χ1v) is 10.4. The van der Waals surface area contributed by atoms with E-state index in [0.717, 1.165) is 29.9 Å². The van der Waals surface area contributed by atoms with Crippen LogP contribution in [0.15, 0.2) is 42.6 Å². The van der Waals surface area contributed by atoms with E-state index in [-0.39, 0.29) is 23.6 Å². The van der Waals surface area contributed by atoms with Crippen molar-refractivity contribution in [2.24, 2.45) is 5.73 Å². The Hall–Kier alpha value is -3.49. The Morgan fingerprint density at radius 2 is 2.06 bits per heavy atom. The number of carbonyl (C=O) groups is 1. The Morgan fingerprint density at radius 1 is 1.25 bits per heavy atom. The number of nitrogens with two attached hydrogens (primary N) is 1. The van der Waals surface area contributed by atoms with Gasteiger partial charge in [-0.3, -0.25) is 4.79 Å². The van der Waals surface area contributed by atoms with Crippen LogP contribution in [0.4, 0.5) is 27.3 Å². The summed E-state index contributed by atoms with van der Waals surface area (Å²) in [7, 11) is 2.00. The summed E-state index contributed by atoms with van der Waals surface area (Å²) in [5, 5.41) is 16.2. The molecular formula is C24H26FN5O2. The highest BCUT2D eigenvalue weighted by Gasteiger charge is 2.24. The van der Waals surface area contributed by atoms with Gasteiger partial charge in [-0.2, -0.15) is 0 Å². The second-order valence-corrected chi connectivity index (χ2v) is 8.07. The summed E-state index contributed by atoms with van der Waals surface area (Å²) < 4.78 is 14.4. The van der Waals surface area contributed by atoms with E-state index >= 15 is 0 Å². The molecule has 166 valence electrons. The van der Waals surface area contributed by atoms with Crippen molar-refractivity contribution in [1.29, 1.82) is 0 Å². The third-order valence-corrected chi connectivity index (χ3v) is 5.52. The van der Waals surface area contributed by atoms with Gasteiger partial charge >= 0.3 is 0 Å². The summed E-state index contributed by atoms with van der Waals surface area (Å²) in [4.78, 5) is 19.7. The molecule has 0 saturated heterocycles. The fourth-order valence-electron chi connectivity index (χ4n) is 3.86. The van der Waals surface area contributed by atoms with E-state index in [2.05, 4.69) is 20.5 Å². The van der Waals surface area contributed by atoms with Gasteiger partial charge in [0.15, 0.2) is 5.78 Å². The molecule has 0 bridgehead atoms. The number of aryl methyl sites for hydroxylation is 1. The number of fused-ring (bicyclic) bond motifs is 2. The van der Waals surface area contributed by atoms with Gasteiger partial charge < -0.3 is 26.4 Å². The number of likely N-dealkylation sites (N-methyl/N-ethyl adjacent to an activating group) is 1. The van der Waals surface area contributed by atoms with Gasteiger partial charge in [-0.1, -0.05) is 12.1 Å². The van der Waals surface area contributed by atoms with E-state index in [1.165, 1.54) is 12.1 Å². The molecule has 2 aromatic carbocycles. The molecule has 1 aliphatic heterocycles. The molecule has 1 aromatic heterocycles. The molecule has 0 atom stereocenters. The minimum atomic E-state index is -0.519. The first-order chi connectivity index (χ1) is 15.4. The van der Waals surface area contributed by atoms with Gasteiger partial charge in [0, 0.05) is 44.0 Å². The van der Waals surface area contributed by atoms with Gasteiger partial charge in [0.05, 0.1) is 16.9 Å². The zero-order chi connectivity index (χ0) is 22.8. The fourth-order valence-corrected chi connectivity index (χ4v) is 3.86. The molecular weight excluding hydrogens is 409 g/mol. The van der Waals surface area contributed by atoms with Crippen LogP contribution in [0.25, 0.3) is 0 Å². The predicted molar refractivity (Wildman–Crippen MR) is 123 cm³/mol. The minimum Gasteiger partial charge on any atom is -0.508 e. The second-order valence-electron chi connectivity index (χ2n) is 8.07. The van der Waals surface area contributed by atoms with E-state index in [1.54, 1.807) is 19.2 Å². The van der Waals surface area contributed by atoms with Crippen molar-refractivity contribution in [3.8, 4) is 5.75 Å². The molecule has 3 aromatic rings. The second kappa shape index (κ2) is 8.94. The molecule has 0 aliphatic carbocycles. The van der Waals surface area contributed by atoms with Gasteiger partial charge in [-0.25, -0.2) is 9.37 Å².